The van der Waals surface area contributed by atoms with Crippen LogP contribution in [0.4, 0.5) is 19.0 Å². The maximum atomic E-state index is 12.4. The molecular formula is C20H23F3N4O5. The minimum Gasteiger partial charge on any atom is -0.475 e. The maximum Gasteiger partial charge on any atom is 0.490 e. The molecule has 3 atom stereocenters. The van der Waals surface area contributed by atoms with Crippen LogP contribution >= 0.6 is 0 Å². The Morgan fingerprint density at radius 1 is 1.28 bits per heavy atom. The van der Waals surface area contributed by atoms with Gasteiger partial charge in [0.05, 0.1) is 24.6 Å². The summed E-state index contributed by atoms with van der Waals surface area (Å²) in [5.74, 6) is -0.778. The number of carbonyl (C=O) groups is 2. The molecule has 0 aliphatic carbocycles. The van der Waals surface area contributed by atoms with Crippen LogP contribution in [0.2, 0.25) is 0 Å². The third-order valence-corrected chi connectivity index (χ3v) is 5.21. The standard InChI is InChI=1S/C18H22N4O3.C2HF3O2/c1-12-4-5-17(21-20-12)22-7-6-13-9-15(25-16(13)11-22)18(23)19-10-14-3-2-8-24-14;3-2(4,5)1(6)7/h2-5,8,13,15-16H,6-7,9-11H2,1H3,(H,19,23);(H,6,7)/t13-,15+,16+;/m0./s1. The van der Waals surface area contributed by atoms with E-state index in [2.05, 4.69) is 20.4 Å². The zero-order valence-electron chi connectivity index (χ0n) is 17.2. The number of carboxylic acid groups (broad SMARTS) is 1. The van der Waals surface area contributed by atoms with Crippen molar-refractivity contribution < 1.29 is 37.0 Å². The van der Waals surface area contributed by atoms with E-state index in [-0.39, 0.29) is 18.1 Å². The van der Waals surface area contributed by atoms with Gasteiger partial charge in [0.15, 0.2) is 5.82 Å². The first kappa shape index (κ1) is 23.5. The number of ether oxygens (including phenoxy) is 1. The number of piperidine rings is 1. The molecule has 32 heavy (non-hydrogen) atoms. The number of hydrogen-bond acceptors (Lipinski definition) is 7. The number of anilines is 1. The monoisotopic (exact) mass is 456 g/mol. The van der Waals surface area contributed by atoms with Crippen molar-refractivity contribution in [2.45, 2.75) is 44.7 Å². The molecule has 1 amide bonds. The van der Waals surface area contributed by atoms with Crippen LogP contribution < -0.4 is 10.2 Å². The van der Waals surface area contributed by atoms with Gasteiger partial charge in [0.25, 0.3) is 0 Å². The lowest BCUT2D eigenvalue weighted by atomic mass is 9.91. The highest BCUT2D eigenvalue weighted by atomic mass is 19.4. The SMILES string of the molecule is Cc1ccc(N2CC[C@H]3C[C@H](C(=O)NCc4ccco4)O[C@@H]3C2)nn1.O=C(O)C(F)(F)F. The fourth-order valence-corrected chi connectivity index (χ4v) is 3.57. The van der Waals surface area contributed by atoms with Crippen LogP contribution in [0.25, 0.3) is 0 Å². The highest BCUT2D eigenvalue weighted by Crippen LogP contribution is 2.34. The second-order valence-electron chi connectivity index (χ2n) is 7.53. The van der Waals surface area contributed by atoms with Gasteiger partial charge in [-0.05, 0) is 49.9 Å². The van der Waals surface area contributed by atoms with E-state index >= 15 is 0 Å². The summed E-state index contributed by atoms with van der Waals surface area (Å²) in [5.41, 5.74) is 0.907. The number of carbonyl (C=O) groups excluding carboxylic acids is 1. The van der Waals surface area contributed by atoms with Crippen molar-refractivity contribution in [3.63, 3.8) is 0 Å². The molecule has 9 nitrogen and oxygen atoms in total. The van der Waals surface area contributed by atoms with Gasteiger partial charge in [-0.15, -0.1) is 5.10 Å². The van der Waals surface area contributed by atoms with Crippen molar-refractivity contribution in [3.8, 4) is 0 Å². The van der Waals surface area contributed by atoms with Gasteiger partial charge in [0.2, 0.25) is 5.91 Å². The van der Waals surface area contributed by atoms with Gasteiger partial charge < -0.3 is 24.5 Å². The highest BCUT2D eigenvalue weighted by molar-refractivity contribution is 5.81. The summed E-state index contributed by atoms with van der Waals surface area (Å²) in [6, 6.07) is 7.61. The third kappa shape index (κ3) is 6.19. The second kappa shape index (κ2) is 9.98. The first-order chi connectivity index (χ1) is 15.1. The maximum absolute atomic E-state index is 12.4. The third-order valence-electron chi connectivity index (χ3n) is 5.21. The minimum atomic E-state index is -5.08. The Morgan fingerprint density at radius 2 is 2.03 bits per heavy atom. The van der Waals surface area contributed by atoms with Gasteiger partial charge >= 0.3 is 12.1 Å². The summed E-state index contributed by atoms with van der Waals surface area (Å²) in [4.78, 5) is 23.4. The first-order valence-corrected chi connectivity index (χ1v) is 9.94. The molecule has 0 bridgehead atoms. The lowest BCUT2D eigenvalue weighted by molar-refractivity contribution is -0.192. The van der Waals surface area contributed by atoms with Gasteiger partial charge in [-0.1, -0.05) is 0 Å². The molecule has 2 aromatic rings. The molecule has 2 aliphatic heterocycles. The fraction of sp³-hybridized carbons (Fsp3) is 0.500. The summed E-state index contributed by atoms with van der Waals surface area (Å²) in [6.07, 6.45) is -2.01. The smallest absolute Gasteiger partial charge is 0.475 e. The number of carboxylic acids is 1. The van der Waals surface area contributed by atoms with E-state index in [0.29, 0.717) is 12.5 Å². The molecule has 0 unspecified atom stereocenters. The fourth-order valence-electron chi connectivity index (χ4n) is 3.57. The average Bonchev–Trinajstić information content (AvgIpc) is 3.41. The van der Waals surface area contributed by atoms with Crippen LogP contribution in [0, 0.1) is 12.8 Å². The number of alkyl halides is 3. The van der Waals surface area contributed by atoms with E-state index in [1.807, 2.05) is 31.2 Å². The van der Waals surface area contributed by atoms with Crippen LogP contribution in [0.1, 0.15) is 24.3 Å². The van der Waals surface area contributed by atoms with Gasteiger partial charge in [-0.25, -0.2) is 4.79 Å². The number of aryl methyl sites for hydroxylation is 1. The van der Waals surface area contributed by atoms with Crippen molar-refractivity contribution >= 4 is 17.7 Å². The van der Waals surface area contributed by atoms with E-state index in [1.165, 1.54) is 0 Å². The Morgan fingerprint density at radius 3 is 2.62 bits per heavy atom. The number of nitrogens with one attached hydrogen (secondary N) is 1. The summed E-state index contributed by atoms with van der Waals surface area (Å²) in [6.45, 7) is 3.99. The normalized spacial score (nSPS) is 22.5. The molecule has 0 aromatic carbocycles. The van der Waals surface area contributed by atoms with Crippen LogP contribution in [-0.2, 0) is 20.9 Å². The van der Waals surface area contributed by atoms with E-state index in [4.69, 9.17) is 19.1 Å². The number of furan rings is 1. The molecule has 2 N–H and O–H groups in total. The molecule has 4 heterocycles. The topological polar surface area (TPSA) is 118 Å². The van der Waals surface area contributed by atoms with E-state index in [1.54, 1.807) is 6.26 Å². The highest BCUT2D eigenvalue weighted by Gasteiger charge is 2.42. The molecule has 0 saturated carbocycles. The molecular weight excluding hydrogens is 433 g/mol. The first-order valence-electron chi connectivity index (χ1n) is 9.94. The number of nitrogens with zero attached hydrogens (tertiary/aromatic N) is 3. The second-order valence-corrected chi connectivity index (χ2v) is 7.53. The zero-order chi connectivity index (χ0) is 23.3. The quantitative estimate of drug-likeness (QED) is 0.720. The van der Waals surface area contributed by atoms with Crippen molar-refractivity contribution in [1.82, 2.24) is 15.5 Å². The van der Waals surface area contributed by atoms with Crippen LogP contribution in [0.3, 0.4) is 0 Å². The number of halogens is 3. The van der Waals surface area contributed by atoms with Gasteiger partial charge in [0.1, 0.15) is 11.9 Å². The summed E-state index contributed by atoms with van der Waals surface area (Å²) < 4.78 is 43.0. The van der Waals surface area contributed by atoms with Crippen molar-refractivity contribution in [2.75, 3.05) is 18.0 Å². The summed E-state index contributed by atoms with van der Waals surface area (Å²) >= 11 is 0. The van der Waals surface area contributed by atoms with Crippen molar-refractivity contribution in [2.24, 2.45) is 5.92 Å². The van der Waals surface area contributed by atoms with Gasteiger partial charge in [-0.2, -0.15) is 18.3 Å². The van der Waals surface area contributed by atoms with Crippen LogP contribution in [-0.4, -0.2) is 58.7 Å². The number of amides is 1. The molecule has 0 radical (unpaired) electrons. The molecule has 174 valence electrons. The molecule has 2 fully saturated rings. The Labute approximate surface area is 181 Å². The Hall–Kier alpha value is -3.15. The summed E-state index contributed by atoms with van der Waals surface area (Å²) in [7, 11) is 0. The number of aromatic nitrogens is 2. The molecule has 12 heteroatoms. The predicted molar refractivity (Wildman–Crippen MR) is 105 cm³/mol. The molecule has 0 spiro atoms. The van der Waals surface area contributed by atoms with Crippen LogP contribution in [0.15, 0.2) is 34.9 Å². The lowest BCUT2D eigenvalue weighted by Crippen LogP contribution is -2.43. The Balaban J connectivity index is 0.000000360. The summed E-state index contributed by atoms with van der Waals surface area (Å²) in [5, 5.41) is 18.4. The lowest BCUT2D eigenvalue weighted by Gasteiger charge is -2.34. The average molecular weight is 456 g/mol. The number of rotatable bonds is 4. The molecule has 4 rings (SSSR count). The van der Waals surface area contributed by atoms with Crippen molar-refractivity contribution in [1.29, 1.82) is 0 Å². The van der Waals surface area contributed by atoms with Crippen LogP contribution in [0.5, 0.6) is 0 Å². The number of hydrogen-bond donors (Lipinski definition) is 2. The zero-order valence-corrected chi connectivity index (χ0v) is 17.2. The molecule has 2 saturated heterocycles. The Bertz CT molecular complexity index is 905. The van der Waals surface area contributed by atoms with Gasteiger partial charge in [0, 0.05) is 13.1 Å². The minimum absolute atomic E-state index is 0.0625. The number of fused-ring (bicyclic) bond motifs is 1. The van der Waals surface area contributed by atoms with Crippen molar-refractivity contribution in [3.05, 3.63) is 42.0 Å². The van der Waals surface area contributed by atoms with E-state index in [9.17, 15) is 18.0 Å². The molecule has 2 aliphatic rings. The van der Waals surface area contributed by atoms with E-state index in [0.717, 1.165) is 43.2 Å². The number of aliphatic carboxylic acids is 1. The molecule has 2 aromatic heterocycles. The predicted octanol–water partition coefficient (Wildman–Crippen LogP) is 2.31. The van der Waals surface area contributed by atoms with Gasteiger partial charge in [-0.3, -0.25) is 4.79 Å². The van der Waals surface area contributed by atoms with E-state index < -0.39 is 12.1 Å². The largest absolute Gasteiger partial charge is 0.490 e. The Kier molecular flexibility index (Phi) is 7.33.